The summed E-state index contributed by atoms with van der Waals surface area (Å²) in [7, 11) is 1.93. The fraction of sp³-hybridized carbons (Fsp3) is 0.385. The molecule has 0 aliphatic carbocycles. The second-order valence-electron chi connectivity index (χ2n) is 9.50. The van der Waals surface area contributed by atoms with Crippen molar-refractivity contribution < 1.29 is 14.7 Å². The molecule has 2 atom stereocenters. The smallest absolute Gasteiger partial charge is 0.317 e. The number of carbonyl (C=O) groups excluding carboxylic acids is 1. The zero-order valence-corrected chi connectivity index (χ0v) is 20.8. The first-order valence-electron chi connectivity index (χ1n) is 12.0. The quantitative estimate of drug-likeness (QED) is 0.228. The maximum Gasteiger partial charge on any atom is 0.317 e. The van der Waals surface area contributed by atoms with Gasteiger partial charge >= 0.3 is 5.97 Å². The van der Waals surface area contributed by atoms with E-state index >= 15 is 0 Å². The van der Waals surface area contributed by atoms with E-state index in [1.165, 1.54) is 0 Å². The van der Waals surface area contributed by atoms with Crippen molar-refractivity contribution in [2.24, 2.45) is 12.8 Å². The number of hydrogen-bond donors (Lipinski definition) is 5. The molecule has 2 aromatic carbocycles. The van der Waals surface area contributed by atoms with Gasteiger partial charge in [0.25, 0.3) is 0 Å². The molecule has 190 valence electrons. The summed E-state index contributed by atoms with van der Waals surface area (Å²) >= 11 is 0. The number of aryl methyl sites for hydroxylation is 1. The van der Waals surface area contributed by atoms with Crippen LogP contribution in [0.1, 0.15) is 43.6 Å². The van der Waals surface area contributed by atoms with E-state index in [1.54, 1.807) is 19.1 Å². The van der Waals surface area contributed by atoms with Crippen LogP contribution in [0.5, 0.6) is 0 Å². The number of nitrogens with zero attached hydrogens (tertiary/aromatic N) is 3. The van der Waals surface area contributed by atoms with Crippen LogP contribution in [0.15, 0.2) is 42.5 Å². The van der Waals surface area contributed by atoms with Crippen LogP contribution in [0.2, 0.25) is 0 Å². The highest BCUT2D eigenvalue weighted by Crippen LogP contribution is 2.30. The van der Waals surface area contributed by atoms with Crippen LogP contribution < -0.4 is 16.4 Å². The van der Waals surface area contributed by atoms with Crippen molar-refractivity contribution in [2.75, 3.05) is 18.4 Å². The Morgan fingerprint density at radius 2 is 1.97 bits per heavy atom. The molecule has 36 heavy (non-hydrogen) atoms. The summed E-state index contributed by atoms with van der Waals surface area (Å²) in [6.07, 6.45) is 1.88. The van der Waals surface area contributed by atoms with Crippen LogP contribution in [-0.4, -0.2) is 56.4 Å². The summed E-state index contributed by atoms with van der Waals surface area (Å²) in [5.74, 6) is -0.320. The van der Waals surface area contributed by atoms with Crippen molar-refractivity contribution in [1.29, 1.82) is 5.41 Å². The molecule has 1 fully saturated rings. The van der Waals surface area contributed by atoms with Gasteiger partial charge in [0.2, 0.25) is 5.91 Å². The maximum atomic E-state index is 13.6. The van der Waals surface area contributed by atoms with Gasteiger partial charge in [0, 0.05) is 30.9 Å². The molecule has 1 aliphatic rings. The average Bonchev–Trinajstić information content (AvgIpc) is 3.43. The number of benzene rings is 2. The molecule has 0 unspecified atom stereocenters. The standard InChI is InChI=1S/C26H33N7O3/c1-16-5-4-12-33(16)25(36)26(2,30-15-23(34)35)18-8-11-21-20(13-18)31-22(32(21)3)14-29-19-9-6-17(7-10-19)24(27)28/h6-11,13,16,29-30H,4-5,12,14-15H2,1-3H3,(H3,27,28)(H,34,35)/t16-,26+/m1/s1. The number of carboxylic acid groups (broad SMARTS) is 1. The molecule has 6 N–H and O–H groups in total. The van der Waals surface area contributed by atoms with Crippen molar-refractivity contribution in [1.82, 2.24) is 19.8 Å². The Morgan fingerprint density at radius 1 is 1.25 bits per heavy atom. The molecule has 10 heteroatoms. The molecular formula is C26H33N7O3. The second-order valence-corrected chi connectivity index (χ2v) is 9.50. The van der Waals surface area contributed by atoms with Crippen LogP contribution in [0.25, 0.3) is 11.0 Å². The first kappa shape index (κ1) is 25.2. The summed E-state index contributed by atoms with van der Waals surface area (Å²) in [6, 6.07) is 13.1. The van der Waals surface area contributed by atoms with Gasteiger partial charge in [0.15, 0.2) is 0 Å². The van der Waals surface area contributed by atoms with Crippen LogP contribution in [0, 0.1) is 5.41 Å². The van der Waals surface area contributed by atoms with Crippen molar-refractivity contribution >= 4 is 34.4 Å². The van der Waals surface area contributed by atoms with E-state index in [-0.39, 0.29) is 24.3 Å². The van der Waals surface area contributed by atoms with E-state index in [2.05, 4.69) is 10.6 Å². The minimum atomic E-state index is -1.19. The number of anilines is 1. The lowest BCUT2D eigenvalue weighted by atomic mass is 9.89. The molecule has 1 aromatic heterocycles. The lowest BCUT2D eigenvalue weighted by Gasteiger charge is -2.35. The summed E-state index contributed by atoms with van der Waals surface area (Å²) in [5, 5.41) is 23.1. The van der Waals surface area contributed by atoms with Gasteiger partial charge in [-0.25, -0.2) is 4.98 Å². The van der Waals surface area contributed by atoms with Gasteiger partial charge in [-0.2, -0.15) is 0 Å². The van der Waals surface area contributed by atoms with Crippen LogP contribution in [0.3, 0.4) is 0 Å². The number of amides is 1. The zero-order valence-electron chi connectivity index (χ0n) is 20.8. The summed E-state index contributed by atoms with van der Waals surface area (Å²) in [5.41, 5.74) is 8.18. The number of aromatic nitrogens is 2. The summed E-state index contributed by atoms with van der Waals surface area (Å²) < 4.78 is 1.99. The normalized spacial score (nSPS) is 17.2. The molecule has 10 nitrogen and oxygen atoms in total. The molecule has 0 spiro atoms. The lowest BCUT2D eigenvalue weighted by molar-refractivity contribution is -0.140. The van der Waals surface area contributed by atoms with E-state index in [0.717, 1.165) is 35.4 Å². The van der Waals surface area contributed by atoms with Gasteiger partial charge in [0.05, 0.1) is 24.1 Å². The number of nitrogens with two attached hydrogens (primary N) is 1. The number of fused-ring (bicyclic) bond motifs is 1. The zero-order chi connectivity index (χ0) is 26.0. The Balaban J connectivity index is 1.61. The number of hydrogen-bond acceptors (Lipinski definition) is 6. The number of nitrogen functional groups attached to an aromatic ring is 1. The Hall–Kier alpha value is -3.92. The average molecular weight is 492 g/mol. The van der Waals surface area contributed by atoms with Gasteiger partial charge in [-0.3, -0.25) is 20.3 Å². The molecule has 2 heterocycles. The van der Waals surface area contributed by atoms with Crippen molar-refractivity contribution in [3.05, 3.63) is 59.4 Å². The lowest BCUT2D eigenvalue weighted by Crippen LogP contribution is -2.55. The minimum Gasteiger partial charge on any atom is -0.480 e. The Bertz CT molecular complexity index is 1300. The molecule has 0 saturated carbocycles. The number of aliphatic carboxylic acids is 1. The highest BCUT2D eigenvalue weighted by molar-refractivity contribution is 5.95. The van der Waals surface area contributed by atoms with Crippen molar-refractivity contribution in [2.45, 2.75) is 44.8 Å². The number of likely N-dealkylation sites (tertiary alicyclic amines) is 1. The predicted octanol–water partition coefficient (Wildman–Crippen LogP) is 2.37. The highest BCUT2D eigenvalue weighted by Gasteiger charge is 2.41. The molecule has 1 saturated heterocycles. The highest BCUT2D eigenvalue weighted by atomic mass is 16.4. The molecule has 4 rings (SSSR count). The van der Waals surface area contributed by atoms with Crippen LogP contribution in [-0.2, 0) is 28.7 Å². The van der Waals surface area contributed by atoms with E-state index in [4.69, 9.17) is 16.1 Å². The van der Waals surface area contributed by atoms with Gasteiger partial charge in [-0.1, -0.05) is 6.07 Å². The van der Waals surface area contributed by atoms with E-state index < -0.39 is 11.5 Å². The Labute approximate surface area is 210 Å². The number of carbonyl (C=O) groups is 2. The topological polar surface area (TPSA) is 149 Å². The first-order chi connectivity index (χ1) is 17.1. The Kier molecular flexibility index (Phi) is 6.98. The van der Waals surface area contributed by atoms with E-state index in [0.29, 0.717) is 24.2 Å². The van der Waals surface area contributed by atoms with Gasteiger partial charge in [0.1, 0.15) is 17.2 Å². The Morgan fingerprint density at radius 3 is 2.58 bits per heavy atom. The number of rotatable bonds is 9. The van der Waals surface area contributed by atoms with Crippen molar-refractivity contribution in [3.63, 3.8) is 0 Å². The van der Waals surface area contributed by atoms with Gasteiger partial charge in [-0.05, 0) is 68.7 Å². The third kappa shape index (κ3) is 4.90. The number of nitrogens with one attached hydrogen (secondary N) is 3. The van der Waals surface area contributed by atoms with Crippen LogP contribution >= 0.6 is 0 Å². The number of amidine groups is 1. The summed E-state index contributed by atoms with van der Waals surface area (Å²) in [4.78, 5) is 31.6. The summed E-state index contributed by atoms with van der Waals surface area (Å²) in [6.45, 7) is 4.58. The fourth-order valence-electron chi connectivity index (χ4n) is 4.74. The SMILES string of the molecule is C[C@@H]1CCCN1C(=O)[C@@](C)(NCC(=O)O)c1ccc2c(c1)nc(CNc1ccc(C(=N)N)cc1)n2C. The third-order valence-electron chi connectivity index (χ3n) is 7.03. The predicted molar refractivity (Wildman–Crippen MR) is 139 cm³/mol. The maximum absolute atomic E-state index is 13.6. The molecule has 1 amide bonds. The van der Waals surface area contributed by atoms with E-state index in [1.807, 2.05) is 53.8 Å². The molecular weight excluding hydrogens is 458 g/mol. The first-order valence-corrected chi connectivity index (χ1v) is 12.0. The second kappa shape index (κ2) is 9.98. The fourth-order valence-corrected chi connectivity index (χ4v) is 4.74. The number of imidazole rings is 1. The molecule has 3 aromatic rings. The molecule has 0 radical (unpaired) electrons. The third-order valence-corrected chi connectivity index (χ3v) is 7.03. The van der Waals surface area contributed by atoms with Gasteiger partial charge in [-0.15, -0.1) is 0 Å². The van der Waals surface area contributed by atoms with Crippen molar-refractivity contribution in [3.8, 4) is 0 Å². The minimum absolute atomic E-state index is 0.0234. The van der Waals surface area contributed by atoms with Gasteiger partial charge < -0.3 is 25.6 Å². The van der Waals surface area contributed by atoms with E-state index in [9.17, 15) is 14.7 Å². The van der Waals surface area contributed by atoms with Crippen LogP contribution in [0.4, 0.5) is 5.69 Å². The molecule has 0 bridgehead atoms. The largest absolute Gasteiger partial charge is 0.480 e. The number of carboxylic acids is 1. The molecule has 1 aliphatic heterocycles. The monoisotopic (exact) mass is 491 g/mol.